The number of ether oxygens (including phenoxy) is 1. The molecule has 0 saturated heterocycles. The summed E-state index contributed by atoms with van der Waals surface area (Å²) in [6.07, 6.45) is -1.25. The number of ketones is 1. The third-order valence-electron chi connectivity index (χ3n) is 3.93. The molecule has 0 saturated carbocycles. The summed E-state index contributed by atoms with van der Waals surface area (Å²) in [7, 11) is 0. The molecule has 0 aromatic heterocycles. The number of rotatable bonds is 5. The van der Waals surface area contributed by atoms with E-state index >= 15 is 0 Å². The van der Waals surface area contributed by atoms with E-state index in [0.29, 0.717) is 5.69 Å². The first kappa shape index (κ1) is 21.2. The molecule has 5 nitrogen and oxygen atoms in total. The molecule has 0 fully saturated rings. The molecule has 7 heteroatoms. The summed E-state index contributed by atoms with van der Waals surface area (Å²) in [4.78, 5) is 36.4. The van der Waals surface area contributed by atoms with Gasteiger partial charge >= 0.3 is 5.97 Å². The summed E-state index contributed by atoms with van der Waals surface area (Å²) in [5.74, 6) is -4.11. The average Bonchev–Trinajstić information content (AvgIpc) is 2.60. The summed E-state index contributed by atoms with van der Waals surface area (Å²) >= 11 is 0. The maximum absolute atomic E-state index is 13.6. The van der Waals surface area contributed by atoms with Crippen molar-refractivity contribution in [2.75, 3.05) is 5.32 Å². The fraction of sp³-hybridized carbons (Fsp3) is 0.286. The lowest BCUT2D eigenvalue weighted by Gasteiger charge is -2.18. The monoisotopic (exact) mass is 389 g/mol. The van der Waals surface area contributed by atoms with Gasteiger partial charge in [-0.05, 0) is 43.3 Å². The van der Waals surface area contributed by atoms with Gasteiger partial charge < -0.3 is 10.1 Å². The van der Waals surface area contributed by atoms with Gasteiger partial charge in [0.15, 0.2) is 6.10 Å². The topological polar surface area (TPSA) is 72.5 Å². The second kappa shape index (κ2) is 8.29. The van der Waals surface area contributed by atoms with E-state index in [1.807, 2.05) is 0 Å². The van der Waals surface area contributed by atoms with E-state index in [4.69, 9.17) is 4.74 Å². The first-order chi connectivity index (χ1) is 13.0. The maximum atomic E-state index is 13.6. The largest absolute Gasteiger partial charge is 0.451 e. The van der Waals surface area contributed by atoms with Crippen LogP contribution in [-0.4, -0.2) is 23.8 Å². The van der Waals surface area contributed by atoms with Crippen molar-refractivity contribution in [3.05, 3.63) is 65.2 Å². The number of amides is 1. The number of carbonyl (C=O) groups excluding carboxylic acids is 3. The van der Waals surface area contributed by atoms with E-state index < -0.39 is 40.5 Å². The molecule has 0 unspecified atom stereocenters. The van der Waals surface area contributed by atoms with E-state index in [2.05, 4.69) is 5.32 Å². The number of esters is 1. The third-order valence-corrected chi connectivity index (χ3v) is 3.93. The highest BCUT2D eigenvalue weighted by Crippen LogP contribution is 2.19. The molecule has 28 heavy (non-hydrogen) atoms. The molecule has 0 heterocycles. The first-order valence-electron chi connectivity index (χ1n) is 8.61. The van der Waals surface area contributed by atoms with Crippen molar-refractivity contribution in [3.8, 4) is 0 Å². The van der Waals surface area contributed by atoms with Crippen LogP contribution in [0.3, 0.4) is 0 Å². The molecular weight excluding hydrogens is 368 g/mol. The van der Waals surface area contributed by atoms with Gasteiger partial charge in [-0.3, -0.25) is 9.59 Å². The smallest absolute Gasteiger partial charge is 0.344 e. The number of hydrogen-bond acceptors (Lipinski definition) is 4. The van der Waals surface area contributed by atoms with Crippen molar-refractivity contribution in [2.45, 2.75) is 33.8 Å². The number of anilines is 1. The van der Waals surface area contributed by atoms with E-state index in [9.17, 15) is 23.2 Å². The fourth-order valence-corrected chi connectivity index (χ4v) is 2.24. The van der Waals surface area contributed by atoms with Crippen LogP contribution in [0.25, 0.3) is 0 Å². The second-order valence-corrected chi connectivity index (χ2v) is 7.29. The van der Waals surface area contributed by atoms with Crippen LogP contribution in [0.15, 0.2) is 42.5 Å². The molecule has 0 spiro atoms. The highest BCUT2D eigenvalue weighted by Gasteiger charge is 2.25. The van der Waals surface area contributed by atoms with Crippen LogP contribution >= 0.6 is 0 Å². The van der Waals surface area contributed by atoms with Gasteiger partial charge in [0.25, 0.3) is 0 Å². The zero-order valence-electron chi connectivity index (χ0n) is 16.0. The fourth-order valence-electron chi connectivity index (χ4n) is 2.24. The summed E-state index contributed by atoms with van der Waals surface area (Å²) in [5.41, 5.74) is -0.681. The molecule has 2 aromatic carbocycles. The number of carbonyl (C=O) groups is 3. The zero-order chi connectivity index (χ0) is 21.1. The number of hydrogen-bond donors (Lipinski definition) is 1. The van der Waals surface area contributed by atoms with Gasteiger partial charge in [0.05, 0.1) is 0 Å². The van der Waals surface area contributed by atoms with Crippen LogP contribution in [0.1, 0.15) is 48.4 Å². The Labute approximate surface area is 161 Å². The van der Waals surface area contributed by atoms with E-state index in [-0.39, 0.29) is 11.5 Å². The van der Waals surface area contributed by atoms with Gasteiger partial charge in [-0.15, -0.1) is 0 Å². The van der Waals surface area contributed by atoms with Crippen LogP contribution in [0.4, 0.5) is 14.5 Å². The molecular formula is C21H21F2NO4. The Morgan fingerprint density at radius 1 is 0.964 bits per heavy atom. The normalized spacial score (nSPS) is 12.2. The molecule has 148 valence electrons. The van der Waals surface area contributed by atoms with Crippen LogP contribution < -0.4 is 5.32 Å². The van der Waals surface area contributed by atoms with Crippen molar-refractivity contribution in [3.63, 3.8) is 0 Å². The Kier molecular flexibility index (Phi) is 6.28. The van der Waals surface area contributed by atoms with Crippen molar-refractivity contribution in [2.24, 2.45) is 5.41 Å². The van der Waals surface area contributed by atoms with Gasteiger partial charge in [-0.1, -0.05) is 26.8 Å². The number of nitrogens with one attached hydrogen (secondary N) is 1. The Balaban J connectivity index is 2.07. The molecule has 0 aliphatic heterocycles. The minimum Gasteiger partial charge on any atom is -0.451 e. The Hall–Kier alpha value is -3.09. The van der Waals surface area contributed by atoms with Crippen molar-refractivity contribution < 1.29 is 27.9 Å². The van der Waals surface area contributed by atoms with Crippen LogP contribution in [0.2, 0.25) is 0 Å². The highest BCUT2D eigenvalue weighted by molar-refractivity contribution is 6.02. The Morgan fingerprint density at radius 3 is 2.00 bits per heavy atom. The molecule has 0 radical (unpaired) electrons. The minimum absolute atomic E-state index is 0.180. The van der Waals surface area contributed by atoms with Gasteiger partial charge in [-0.25, -0.2) is 13.6 Å². The van der Waals surface area contributed by atoms with Gasteiger partial charge in [-0.2, -0.15) is 0 Å². The highest BCUT2D eigenvalue weighted by atomic mass is 19.1. The molecule has 0 aliphatic carbocycles. The molecule has 0 bridgehead atoms. The minimum atomic E-state index is -1.26. The number of benzene rings is 2. The molecule has 1 atom stereocenters. The van der Waals surface area contributed by atoms with Gasteiger partial charge in [0.2, 0.25) is 11.7 Å². The van der Waals surface area contributed by atoms with Crippen LogP contribution in [0, 0.1) is 17.0 Å². The van der Waals surface area contributed by atoms with Crippen molar-refractivity contribution >= 4 is 23.3 Å². The average molecular weight is 389 g/mol. The lowest BCUT2D eigenvalue weighted by Crippen LogP contribution is -2.27. The predicted molar refractivity (Wildman–Crippen MR) is 100 cm³/mol. The zero-order valence-corrected chi connectivity index (χ0v) is 16.0. The first-order valence-corrected chi connectivity index (χ1v) is 8.61. The van der Waals surface area contributed by atoms with E-state index in [1.165, 1.54) is 19.1 Å². The number of Topliss-reactive ketones (excluding diaryl/α,β-unsaturated/α-hetero) is 1. The lowest BCUT2D eigenvalue weighted by molar-refractivity contribution is -0.123. The standard InChI is InChI=1S/C21H21F2NO4/c1-12(28-19(26)17-15(22)6-5-7-16(17)23)18(25)13-8-10-14(11-9-13)24-20(27)21(2,3)4/h5-12H,1-4H3,(H,24,27)/t12-/m1/s1. The molecule has 2 aromatic rings. The molecule has 1 amide bonds. The molecule has 1 N–H and O–H groups in total. The Morgan fingerprint density at radius 2 is 1.50 bits per heavy atom. The van der Waals surface area contributed by atoms with Gasteiger partial charge in [0, 0.05) is 16.7 Å². The van der Waals surface area contributed by atoms with Crippen molar-refractivity contribution in [1.29, 1.82) is 0 Å². The summed E-state index contributed by atoms with van der Waals surface area (Å²) in [6, 6.07) is 9.00. The number of halogens is 2. The SMILES string of the molecule is C[C@@H](OC(=O)c1c(F)cccc1F)C(=O)c1ccc(NC(=O)C(C)(C)C)cc1. The second-order valence-electron chi connectivity index (χ2n) is 7.29. The summed E-state index contributed by atoms with van der Waals surface area (Å²) in [5, 5.41) is 2.72. The third kappa shape index (κ3) is 5.00. The van der Waals surface area contributed by atoms with Crippen LogP contribution in [0.5, 0.6) is 0 Å². The van der Waals surface area contributed by atoms with Crippen LogP contribution in [-0.2, 0) is 9.53 Å². The predicted octanol–water partition coefficient (Wildman–Crippen LogP) is 4.38. The Bertz CT molecular complexity index is 881. The summed E-state index contributed by atoms with van der Waals surface area (Å²) in [6.45, 7) is 6.63. The van der Waals surface area contributed by atoms with E-state index in [0.717, 1.165) is 18.2 Å². The summed E-state index contributed by atoms with van der Waals surface area (Å²) < 4.78 is 32.2. The molecule has 0 aliphatic rings. The molecule has 2 rings (SSSR count). The maximum Gasteiger partial charge on any atom is 0.344 e. The lowest BCUT2D eigenvalue weighted by atomic mass is 9.95. The van der Waals surface area contributed by atoms with Crippen molar-refractivity contribution in [1.82, 2.24) is 0 Å². The van der Waals surface area contributed by atoms with Gasteiger partial charge in [0.1, 0.15) is 17.2 Å². The van der Waals surface area contributed by atoms with E-state index in [1.54, 1.807) is 32.9 Å². The quantitative estimate of drug-likeness (QED) is 0.609.